The van der Waals surface area contributed by atoms with Crippen LogP contribution in [0.5, 0.6) is 0 Å². The standard InChI is InChI=1S/C50H37N5/c1-49(2)40-18-10-8-15-34(40)35-23-20-31(27-41(35)49)46-52-45(30-13-6-5-7-14-30)53-47(54-46)32-21-24-36-37-25-22-33(29-43(37)50(3,4)42(36)28-32)55-44-19-11-9-16-38(44)39-17-12-26-51-48(39)55/h5-29H,1-4H3. The van der Waals surface area contributed by atoms with Crippen molar-refractivity contribution < 1.29 is 0 Å². The molecule has 9 aromatic rings. The fourth-order valence-corrected chi connectivity index (χ4v) is 9.25. The third kappa shape index (κ3) is 4.59. The molecule has 5 nitrogen and oxygen atoms in total. The Morgan fingerprint density at radius 2 is 0.945 bits per heavy atom. The average Bonchev–Trinajstić information content (AvgIpc) is 3.77. The van der Waals surface area contributed by atoms with E-state index in [0.717, 1.165) is 38.9 Å². The summed E-state index contributed by atoms with van der Waals surface area (Å²) >= 11 is 0. The van der Waals surface area contributed by atoms with Crippen LogP contribution in [0.15, 0.2) is 152 Å². The lowest BCUT2D eigenvalue weighted by Crippen LogP contribution is -2.15. The highest BCUT2D eigenvalue weighted by molar-refractivity contribution is 6.07. The smallest absolute Gasteiger partial charge is 0.164 e. The second-order valence-electron chi connectivity index (χ2n) is 15.9. The largest absolute Gasteiger partial charge is 0.294 e. The van der Waals surface area contributed by atoms with Gasteiger partial charge in [0.2, 0.25) is 0 Å². The minimum Gasteiger partial charge on any atom is -0.294 e. The van der Waals surface area contributed by atoms with Crippen molar-refractivity contribution >= 4 is 21.9 Å². The van der Waals surface area contributed by atoms with Crippen LogP contribution < -0.4 is 0 Å². The average molecular weight is 708 g/mol. The van der Waals surface area contributed by atoms with Crippen LogP contribution in [0.3, 0.4) is 0 Å². The fraction of sp³-hybridized carbons (Fsp3) is 0.120. The number of nitrogens with zero attached hydrogens (tertiary/aromatic N) is 5. The number of hydrogen-bond donors (Lipinski definition) is 0. The van der Waals surface area contributed by atoms with Crippen LogP contribution in [0.25, 0.3) is 84.0 Å². The van der Waals surface area contributed by atoms with Gasteiger partial charge in [0.15, 0.2) is 17.5 Å². The van der Waals surface area contributed by atoms with Crippen molar-refractivity contribution in [3.63, 3.8) is 0 Å². The summed E-state index contributed by atoms with van der Waals surface area (Å²) < 4.78 is 2.30. The number of benzene rings is 6. The molecule has 2 aliphatic carbocycles. The molecule has 0 unspecified atom stereocenters. The Bertz CT molecular complexity index is 2990. The third-order valence-corrected chi connectivity index (χ3v) is 12.1. The summed E-state index contributed by atoms with van der Waals surface area (Å²) in [6, 6.07) is 52.0. The van der Waals surface area contributed by atoms with E-state index in [4.69, 9.17) is 19.9 Å². The Labute approximate surface area is 320 Å². The summed E-state index contributed by atoms with van der Waals surface area (Å²) in [5.41, 5.74) is 16.0. The van der Waals surface area contributed by atoms with Gasteiger partial charge in [0.05, 0.1) is 5.52 Å². The molecule has 262 valence electrons. The molecule has 0 N–H and O–H groups in total. The van der Waals surface area contributed by atoms with E-state index >= 15 is 0 Å². The molecule has 3 heterocycles. The van der Waals surface area contributed by atoms with Gasteiger partial charge in [0.1, 0.15) is 5.65 Å². The van der Waals surface area contributed by atoms with Crippen molar-refractivity contribution in [1.29, 1.82) is 0 Å². The molecule has 0 spiro atoms. The van der Waals surface area contributed by atoms with Crippen molar-refractivity contribution in [2.75, 3.05) is 0 Å². The maximum Gasteiger partial charge on any atom is 0.164 e. The molecular formula is C50H37N5. The van der Waals surface area contributed by atoms with Gasteiger partial charge in [0, 0.05) is 50.2 Å². The van der Waals surface area contributed by atoms with E-state index in [1.54, 1.807) is 0 Å². The molecule has 0 bridgehead atoms. The summed E-state index contributed by atoms with van der Waals surface area (Å²) in [6.07, 6.45) is 1.88. The lowest BCUT2D eigenvalue weighted by molar-refractivity contribution is 0.660. The molecule has 0 aliphatic heterocycles. The second-order valence-corrected chi connectivity index (χ2v) is 15.9. The van der Waals surface area contributed by atoms with Gasteiger partial charge in [-0.2, -0.15) is 0 Å². The first-order chi connectivity index (χ1) is 26.8. The number of fused-ring (bicyclic) bond motifs is 9. The van der Waals surface area contributed by atoms with Gasteiger partial charge in [-0.05, 0) is 87.0 Å². The van der Waals surface area contributed by atoms with Crippen LogP contribution in [-0.2, 0) is 10.8 Å². The molecule has 0 radical (unpaired) electrons. The zero-order chi connectivity index (χ0) is 37.1. The quantitative estimate of drug-likeness (QED) is 0.183. The number of aromatic nitrogens is 5. The number of para-hydroxylation sites is 1. The van der Waals surface area contributed by atoms with Gasteiger partial charge in [0.25, 0.3) is 0 Å². The van der Waals surface area contributed by atoms with E-state index in [1.165, 1.54) is 49.9 Å². The van der Waals surface area contributed by atoms with Crippen LogP contribution >= 0.6 is 0 Å². The number of rotatable bonds is 4. The van der Waals surface area contributed by atoms with E-state index in [0.29, 0.717) is 17.5 Å². The van der Waals surface area contributed by atoms with E-state index in [2.05, 4.69) is 154 Å². The molecule has 0 atom stereocenters. The van der Waals surface area contributed by atoms with Crippen molar-refractivity contribution in [3.05, 3.63) is 174 Å². The van der Waals surface area contributed by atoms with E-state index in [9.17, 15) is 0 Å². The second kappa shape index (κ2) is 11.4. The molecule has 11 rings (SSSR count). The summed E-state index contributed by atoms with van der Waals surface area (Å²) in [4.78, 5) is 20.3. The molecule has 2 aliphatic rings. The summed E-state index contributed by atoms with van der Waals surface area (Å²) in [5, 5.41) is 2.37. The van der Waals surface area contributed by atoms with Crippen LogP contribution in [0.2, 0.25) is 0 Å². The van der Waals surface area contributed by atoms with E-state index in [1.807, 2.05) is 30.5 Å². The Hall–Kier alpha value is -6.72. The Morgan fingerprint density at radius 1 is 0.418 bits per heavy atom. The SMILES string of the molecule is CC1(C)c2ccccc2-c2ccc(-c3nc(-c4ccccc4)nc(-c4ccc5c(c4)C(C)(C)c4cc(-n6c7ccccc7c7cccnc76)ccc4-5)n3)cc21. The van der Waals surface area contributed by atoms with Crippen molar-refractivity contribution in [1.82, 2.24) is 24.5 Å². The predicted molar refractivity (Wildman–Crippen MR) is 223 cm³/mol. The van der Waals surface area contributed by atoms with Gasteiger partial charge in [-0.25, -0.2) is 19.9 Å². The molecule has 3 aromatic heterocycles. The molecule has 0 saturated carbocycles. The summed E-state index contributed by atoms with van der Waals surface area (Å²) in [7, 11) is 0. The summed E-state index contributed by atoms with van der Waals surface area (Å²) in [5.74, 6) is 2.00. The van der Waals surface area contributed by atoms with Crippen LogP contribution in [0.1, 0.15) is 49.9 Å². The zero-order valence-electron chi connectivity index (χ0n) is 31.2. The third-order valence-electron chi connectivity index (χ3n) is 12.1. The highest BCUT2D eigenvalue weighted by Gasteiger charge is 2.37. The Kier molecular flexibility index (Phi) is 6.58. The number of hydrogen-bond acceptors (Lipinski definition) is 4. The Balaban J connectivity index is 1.03. The monoisotopic (exact) mass is 707 g/mol. The van der Waals surface area contributed by atoms with Gasteiger partial charge >= 0.3 is 0 Å². The normalized spacial score (nSPS) is 14.5. The van der Waals surface area contributed by atoms with Crippen LogP contribution in [0.4, 0.5) is 0 Å². The molecular weight excluding hydrogens is 671 g/mol. The van der Waals surface area contributed by atoms with Crippen LogP contribution in [-0.4, -0.2) is 24.5 Å². The maximum atomic E-state index is 5.22. The van der Waals surface area contributed by atoms with Crippen molar-refractivity contribution in [3.8, 4) is 62.1 Å². The van der Waals surface area contributed by atoms with Crippen molar-refractivity contribution in [2.24, 2.45) is 0 Å². The summed E-state index contributed by atoms with van der Waals surface area (Å²) in [6.45, 7) is 9.27. The lowest BCUT2D eigenvalue weighted by atomic mass is 9.81. The molecule has 0 saturated heterocycles. The van der Waals surface area contributed by atoms with Crippen LogP contribution in [0, 0.1) is 0 Å². The molecule has 6 aromatic carbocycles. The molecule has 55 heavy (non-hydrogen) atoms. The highest BCUT2D eigenvalue weighted by Crippen LogP contribution is 2.51. The predicted octanol–water partition coefficient (Wildman–Crippen LogP) is 12.0. The first-order valence-corrected chi connectivity index (χ1v) is 19.0. The van der Waals surface area contributed by atoms with E-state index < -0.39 is 0 Å². The minimum absolute atomic E-state index is 0.126. The van der Waals surface area contributed by atoms with Gasteiger partial charge in [-0.15, -0.1) is 0 Å². The van der Waals surface area contributed by atoms with E-state index in [-0.39, 0.29) is 10.8 Å². The minimum atomic E-state index is -0.262. The topological polar surface area (TPSA) is 56.5 Å². The zero-order valence-corrected chi connectivity index (χ0v) is 31.2. The number of pyridine rings is 1. The first kappa shape index (κ1) is 31.8. The molecule has 0 amide bonds. The Morgan fingerprint density at radius 3 is 1.65 bits per heavy atom. The molecule has 5 heteroatoms. The van der Waals surface area contributed by atoms with Crippen molar-refractivity contribution in [2.45, 2.75) is 38.5 Å². The van der Waals surface area contributed by atoms with Gasteiger partial charge in [-0.1, -0.05) is 131 Å². The maximum absolute atomic E-state index is 5.22. The highest BCUT2D eigenvalue weighted by atomic mass is 15.0. The molecule has 0 fully saturated rings. The van der Waals surface area contributed by atoms with Gasteiger partial charge < -0.3 is 0 Å². The van der Waals surface area contributed by atoms with Gasteiger partial charge in [-0.3, -0.25) is 4.57 Å². The first-order valence-electron chi connectivity index (χ1n) is 19.0. The fourth-order valence-electron chi connectivity index (χ4n) is 9.25. The lowest BCUT2D eigenvalue weighted by Gasteiger charge is -2.23.